The van der Waals surface area contributed by atoms with Crippen LogP contribution in [0, 0.1) is 5.41 Å². The molecule has 0 amide bonds. The molecule has 4 nitrogen and oxygen atoms in total. The quantitative estimate of drug-likeness (QED) is 0.705. The highest BCUT2D eigenvalue weighted by Crippen LogP contribution is 2.50. The van der Waals surface area contributed by atoms with Crippen LogP contribution in [-0.4, -0.2) is 36.6 Å². The van der Waals surface area contributed by atoms with Gasteiger partial charge in [0.1, 0.15) is 0 Å². The fourth-order valence-electron chi connectivity index (χ4n) is 3.45. The van der Waals surface area contributed by atoms with Gasteiger partial charge in [-0.25, -0.2) is 0 Å². The van der Waals surface area contributed by atoms with Gasteiger partial charge in [0, 0.05) is 5.41 Å². The molecule has 0 N–H and O–H groups in total. The first kappa shape index (κ1) is 19.2. The lowest BCUT2D eigenvalue weighted by atomic mass is 9.56. The van der Waals surface area contributed by atoms with Crippen molar-refractivity contribution in [1.29, 1.82) is 0 Å². The maximum absolute atomic E-state index is 6.27. The Bertz CT molecular complexity index is 558. The lowest BCUT2D eigenvalue weighted by Crippen LogP contribution is -2.41. The molecule has 0 saturated carbocycles. The fourth-order valence-corrected chi connectivity index (χ4v) is 3.45. The molecule has 2 fully saturated rings. The minimum atomic E-state index is -0.351. The first-order chi connectivity index (χ1) is 11.1. The van der Waals surface area contributed by atoms with Crippen molar-refractivity contribution in [2.24, 2.45) is 5.41 Å². The molecule has 0 aromatic carbocycles. The minimum absolute atomic E-state index is 0.248. The third-order valence-corrected chi connectivity index (χ3v) is 6.90. The SMILES string of the molecule is CC1(C)C(B2OC(C)(C)C(C)(C)O2)=CC=C1B1OC(C)(C)C(C)(C)O1. The largest absolute Gasteiger partial charge is 0.491 e. The van der Waals surface area contributed by atoms with Crippen LogP contribution < -0.4 is 0 Å². The number of hydrogen-bond donors (Lipinski definition) is 0. The van der Waals surface area contributed by atoms with Crippen molar-refractivity contribution < 1.29 is 18.6 Å². The summed E-state index contributed by atoms with van der Waals surface area (Å²) in [6, 6.07) is 0. The fraction of sp³-hybridized carbons (Fsp3) is 0.789. The Hall–Kier alpha value is -0.550. The van der Waals surface area contributed by atoms with Crippen LogP contribution in [0.2, 0.25) is 0 Å². The molecule has 138 valence electrons. The molecule has 0 aromatic rings. The maximum atomic E-state index is 6.27. The standard InChI is InChI=1S/C19H32B2O4/c1-15(2)13(20-22-16(3,4)17(5,6)23-20)11-12-14(15)21-24-18(7,8)19(9,10)25-21/h11-12H,1-10H3. The Kier molecular flexibility index (Phi) is 4.04. The van der Waals surface area contributed by atoms with E-state index >= 15 is 0 Å². The van der Waals surface area contributed by atoms with Crippen molar-refractivity contribution in [3.8, 4) is 0 Å². The van der Waals surface area contributed by atoms with E-state index in [0.717, 1.165) is 10.9 Å². The molecule has 6 heteroatoms. The van der Waals surface area contributed by atoms with Gasteiger partial charge in [-0.3, -0.25) is 0 Å². The molecule has 0 bridgehead atoms. The molecule has 0 aromatic heterocycles. The lowest BCUT2D eigenvalue weighted by Gasteiger charge is -2.32. The first-order valence-electron chi connectivity index (χ1n) is 9.25. The smallest absolute Gasteiger partial charge is 0.400 e. The van der Waals surface area contributed by atoms with Crippen LogP contribution in [0.5, 0.6) is 0 Å². The van der Waals surface area contributed by atoms with Crippen molar-refractivity contribution in [3.05, 3.63) is 23.1 Å². The summed E-state index contributed by atoms with van der Waals surface area (Å²) >= 11 is 0. The molecular formula is C19H32B2O4. The van der Waals surface area contributed by atoms with Gasteiger partial charge < -0.3 is 18.6 Å². The number of allylic oxidation sites excluding steroid dienone is 4. The summed E-state index contributed by atoms with van der Waals surface area (Å²) in [4.78, 5) is 0. The first-order valence-corrected chi connectivity index (χ1v) is 9.25. The van der Waals surface area contributed by atoms with Gasteiger partial charge in [0.15, 0.2) is 0 Å². The molecule has 0 radical (unpaired) electrons. The zero-order chi connectivity index (χ0) is 19.1. The summed E-state index contributed by atoms with van der Waals surface area (Å²) in [7, 11) is -0.702. The summed E-state index contributed by atoms with van der Waals surface area (Å²) in [5, 5.41) is 0. The average molecular weight is 346 g/mol. The number of hydrogen-bond acceptors (Lipinski definition) is 4. The van der Waals surface area contributed by atoms with E-state index in [1.54, 1.807) is 0 Å². The molecule has 3 rings (SSSR count). The van der Waals surface area contributed by atoms with E-state index in [0.29, 0.717) is 0 Å². The van der Waals surface area contributed by atoms with Crippen molar-refractivity contribution >= 4 is 14.2 Å². The van der Waals surface area contributed by atoms with E-state index in [4.69, 9.17) is 18.6 Å². The third kappa shape index (κ3) is 2.77. The predicted molar refractivity (Wildman–Crippen MR) is 102 cm³/mol. The normalized spacial score (nSPS) is 31.3. The Balaban J connectivity index is 1.81. The molecule has 25 heavy (non-hydrogen) atoms. The van der Waals surface area contributed by atoms with Gasteiger partial charge in [-0.05, 0) is 66.3 Å². The van der Waals surface area contributed by atoms with Crippen LogP contribution in [0.3, 0.4) is 0 Å². The molecule has 3 aliphatic rings. The zero-order valence-corrected chi connectivity index (χ0v) is 17.4. The van der Waals surface area contributed by atoms with Gasteiger partial charge in [-0.2, -0.15) is 0 Å². The summed E-state index contributed by atoms with van der Waals surface area (Å²) in [5.74, 6) is 0. The van der Waals surface area contributed by atoms with Crippen LogP contribution in [0.25, 0.3) is 0 Å². The highest BCUT2D eigenvalue weighted by molar-refractivity contribution is 6.59. The second kappa shape index (κ2) is 5.25. The van der Waals surface area contributed by atoms with Crippen LogP contribution in [0.1, 0.15) is 69.2 Å². The Morgan fingerprint density at radius 2 is 0.760 bits per heavy atom. The van der Waals surface area contributed by atoms with Crippen molar-refractivity contribution in [3.63, 3.8) is 0 Å². The topological polar surface area (TPSA) is 36.9 Å². The maximum Gasteiger partial charge on any atom is 0.491 e. The van der Waals surface area contributed by atoms with Crippen LogP contribution in [0.4, 0.5) is 0 Å². The Labute approximate surface area is 153 Å². The van der Waals surface area contributed by atoms with E-state index in [2.05, 4.69) is 81.4 Å². The average Bonchev–Trinajstić information content (AvgIpc) is 2.88. The molecule has 0 spiro atoms. The van der Waals surface area contributed by atoms with Crippen LogP contribution in [-0.2, 0) is 18.6 Å². The molecule has 0 unspecified atom stereocenters. The van der Waals surface area contributed by atoms with Crippen LogP contribution >= 0.6 is 0 Å². The predicted octanol–water partition coefficient (Wildman–Crippen LogP) is 4.14. The van der Waals surface area contributed by atoms with E-state index in [-0.39, 0.29) is 42.1 Å². The summed E-state index contributed by atoms with van der Waals surface area (Å²) in [5.41, 5.74) is 0.612. The Morgan fingerprint density at radius 3 is 1.00 bits per heavy atom. The van der Waals surface area contributed by atoms with Gasteiger partial charge in [0.2, 0.25) is 0 Å². The molecule has 2 aliphatic heterocycles. The van der Waals surface area contributed by atoms with Gasteiger partial charge in [-0.15, -0.1) is 0 Å². The summed E-state index contributed by atoms with van der Waals surface area (Å²) in [6.45, 7) is 21.0. The van der Waals surface area contributed by atoms with Crippen molar-refractivity contribution in [2.45, 2.75) is 91.6 Å². The monoisotopic (exact) mass is 346 g/mol. The van der Waals surface area contributed by atoms with E-state index in [1.807, 2.05) is 0 Å². The third-order valence-electron chi connectivity index (χ3n) is 6.90. The number of rotatable bonds is 2. The lowest BCUT2D eigenvalue weighted by molar-refractivity contribution is 0.00578. The summed E-state index contributed by atoms with van der Waals surface area (Å²) in [6.07, 6.45) is 4.23. The highest BCUT2D eigenvalue weighted by atomic mass is 16.7. The molecular weight excluding hydrogens is 314 g/mol. The minimum Gasteiger partial charge on any atom is -0.400 e. The van der Waals surface area contributed by atoms with E-state index in [1.165, 1.54) is 0 Å². The molecule has 2 saturated heterocycles. The van der Waals surface area contributed by atoms with Gasteiger partial charge in [0.05, 0.1) is 22.4 Å². The highest BCUT2D eigenvalue weighted by Gasteiger charge is 2.59. The van der Waals surface area contributed by atoms with Crippen molar-refractivity contribution in [2.75, 3.05) is 0 Å². The molecule has 0 atom stereocenters. The second-order valence-electron chi connectivity index (χ2n) is 10.0. The van der Waals surface area contributed by atoms with Gasteiger partial charge in [0.25, 0.3) is 0 Å². The van der Waals surface area contributed by atoms with E-state index in [9.17, 15) is 0 Å². The van der Waals surface area contributed by atoms with Gasteiger partial charge >= 0.3 is 14.2 Å². The molecule has 1 aliphatic carbocycles. The van der Waals surface area contributed by atoms with E-state index < -0.39 is 0 Å². The van der Waals surface area contributed by atoms with Crippen molar-refractivity contribution in [1.82, 2.24) is 0 Å². The summed E-state index contributed by atoms with van der Waals surface area (Å²) < 4.78 is 25.1. The zero-order valence-electron chi connectivity index (χ0n) is 17.4. The second-order valence-corrected chi connectivity index (χ2v) is 10.0. The Morgan fingerprint density at radius 1 is 0.520 bits per heavy atom. The van der Waals surface area contributed by atoms with Gasteiger partial charge in [-0.1, -0.05) is 26.0 Å². The molecule has 2 heterocycles. The van der Waals surface area contributed by atoms with Crippen LogP contribution in [0.15, 0.2) is 23.1 Å².